The molecule has 8 heteroatoms. The van der Waals surface area contributed by atoms with E-state index in [2.05, 4.69) is 10.5 Å². The van der Waals surface area contributed by atoms with Crippen molar-refractivity contribution in [2.75, 3.05) is 13.7 Å². The lowest BCUT2D eigenvalue weighted by Crippen LogP contribution is -2.24. The van der Waals surface area contributed by atoms with Crippen LogP contribution in [0.25, 0.3) is 0 Å². The van der Waals surface area contributed by atoms with Crippen LogP contribution in [0.5, 0.6) is 11.5 Å². The van der Waals surface area contributed by atoms with Crippen molar-refractivity contribution < 1.29 is 19.2 Å². The van der Waals surface area contributed by atoms with Crippen LogP contribution in [0.4, 0.5) is 5.69 Å². The Balaban J connectivity index is 1.94. The summed E-state index contributed by atoms with van der Waals surface area (Å²) in [5.41, 5.74) is 3.62. The Labute approximate surface area is 157 Å². The number of rotatable bonds is 8. The van der Waals surface area contributed by atoms with E-state index in [1.165, 1.54) is 25.5 Å². The minimum absolute atomic E-state index is 0.151. The van der Waals surface area contributed by atoms with Gasteiger partial charge in [-0.25, -0.2) is 5.43 Å². The molecule has 0 heterocycles. The summed E-state index contributed by atoms with van der Waals surface area (Å²) < 4.78 is 10.5. The molecule has 2 rings (SSSR count). The summed E-state index contributed by atoms with van der Waals surface area (Å²) in [6.45, 7) is 3.89. The predicted molar refractivity (Wildman–Crippen MR) is 101 cm³/mol. The number of hydrogen-bond acceptors (Lipinski definition) is 6. The Morgan fingerprint density at radius 2 is 2.00 bits per heavy atom. The molecule has 27 heavy (non-hydrogen) atoms. The zero-order valence-corrected chi connectivity index (χ0v) is 15.3. The predicted octanol–water partition coefficient (Wildman–Crippen LogP) is 3.26. The molecule has 0 aliphatic carbocycles. The third-order valence-corrected chi connectivity index (χ3v) is 3.70. The first kappa shape index (κ1) is 19.9. The fraction of sp³-hybridized carbons (Fsp3) is 0.263. The van der Waals surface area contributed by atoms with Gasteiger partial charge in [-0.05, 0) is 29.7 Å². The molecule has 0 spiro atoms. The van der Waals surface area contributed by atoms with E-state index in [9.17, 15) is 14.9 Å². The SMILES string of the molecule is COc1ccc(/C=N/NC(=O)COc2ccccc2C(C)C)cc1[N+](=O)[O-]. The Hall–Kier alpha value is -3.42. The van der Waals surface area contributed by atoms with Gasteiger partial charge in [-0.3, -0.25) is 14.9 Å². The quantitative estimate of drug-likeness (QED) is 0.436. The van der Waals surface area contributed by atoms with E-state index in [0.29, 0.717) is 11.3 Å². The second-order valence-electron chi connectivity index (χ2n) is 5.96. The molecule has 2 aromatic carbocycles. The van der Waals surface area contributed by atoms with E-state index >= 15 is 0 Å². The van der Waals surface area contributed by atoms with Gasteiger partial charge >= 0.3 is 5.69 Å². The molecule has 1 amide bonds. The smallest absolute Gasteiger partial charge is 0.311 e. The summed E-state index contributed by atoms with van der Waals surface area (Å²) in [4.78, 5) is 22.3. The molecule has 0 saturated carbocycles. The first-order chi connectivity index (χ1) is 12.9. The van der Waals surface area contributed by atoms with E-state index < -0.39 is 10.8 Å². The van der Waals surface area contributed by atoms with E-state index in [0.717, 1.165) is 5.56 Å². The number of nitro benzene ring substituents is 1. The highest BCUT2D eigenvalue weighted by atomic mass is 16.6. The number of ether oxygens (including phenoxy) is 2. The highest BCUT2D eigenvalue weighted by Gasteiger charge is 2.14. The molecule has 142 valence electrons. The Kier molecular flexibility index (Phi) is 6.87. The van der Waals surface area contributed by atoms with Gasteiger partial charge in [0.05, 0.1) is 18.2 Å². The number of para-hydroxylation sites is 1. The number of benzene rings is 2. The molecule has 2 aromatic rings. The maximum atomic E-state index is 11.9. The Morgan fingerprint density at radius 1 is 1.26 bits per heavy atom. The van der Waals surface area contributed by atoms with Crippen LogP contribution < -0.4 is 14.9 Å². The van der Waals surface area contributed by atoms with E-state index in [4.69, 9.17) is 9.47 Å². The standard InChI is InChI=1S/C19H21N3O5/c1-13(2)15-6-4-5-7-17(15)27-12-19(23)21-20-11-14-8-9-18(26-3)16(10-14)22(24)25/h4-11,13H,12H2,1-3H3,(H,21,23)/b20-11+. The van der Waals surface area contributed by atoms with Crippen molar-refractivity contribution in [1.82, 2.24) is 5.43 Å². The first-order valence-electron chi connectivity index (χ1n) is 8.28. The van der Waals surface area contributed by atoms with Gasteiger partial charge in [-0.15, -0.1) is 0 Å². The topological polar surface area (TPSA) is 103 Å². The molecule has 0 fully saturated rings. The molecule has 0 saturated heterocycles. The van der Waals surface area contributed by atoms with Gasteiger partial charge in [0, 0.05) is 11.6 Å². The number of hydrogen-bond donors (Lipinski definition) is 1. The fourth-order valence-electron chi connectivity index (χ4n) is 2.37. The monoisotopic (exact) mass is 371 g/mol. The van der Waals surface area contributed by atoms with E-state index in [1.54, 1.807) is 6.07 Å². The molecule has 0 bridgehead atoms. The van der Waals surface area contributed by atoms with Crippen molar-refractivity contribution in [2.24, 2.45) is 5.10 Å². The van der Waals surface area contributed by atoms with Gasteiger partial charge in [0.25, 0.3) is 5.91 Å². The fourth-order valence-corrected chi connectivity index (χ4v) is 2.37. The van der Waals surface area contributed by atoms with Gasteiger partial charge in [0.15, 0.2) is 12.4 Å². The third-order valence-electron chi connectivity index (χ3n) is 3.70. The zero-order chi connectivity index (χ0) is 19.8. The van der Waals surface area contributed by atoms with Crippen LogP contribution in [0, 0.1) is 10.1 Å². The van der Waals surface area contributed by atoms with Gasteiger partial charge in [0.2, 0.25) is 0 Å². The normalized spacial score (nSPS) is 10.8. The third kappa shape index (κ3) is 5.53. The minimum Gasteiger partial charge on any atom is -0.490 e. The number of nitrogens with zero attached hydrogens (tertiary/aromatic N) is 2. The molecule has 0 radical (unpaired) electrons. The number of nitrogens with one attached hydrogen (secondary N) is 1. The van der Waals surface area contributed by atoms with Gasteiger partial charge in [0.1, 0.15) is 5.75 Å². The van der Waals surface area contributed by atoms with Crippen molar-refractivity contribution >= 4 is 17.8 Å². The van der Waals surface area contributed by atoms with E-state index in [1.807, 2.05) is 38.1 Å². The Bertz CT molecular complexity index is 849. The van der Waals surface area contributed by atoms with Crippen LogP contribution >= 0.6 is 0 Å². The molecule has 0 unspecified atom stereocenters. The molecular weight excluding hydrogens is 350 g/mol. The summed E-state index contributed by atoms with van der Waals surface area (Å²) in [5, 5.41) is 14.8. The number of hydrazone groups is 1. The second-order valence-corrected chi connectivity index (χ2v) is 5.96. The summed E-state index contributed by atoms with van der Waals surface area (Å²) >= 11 is 0. The molecule has 0 aliphatic heterocycles. The molecular formula is C19H21N3O5. The van der Waals surface area contributed by atoms with Crippen molar-refractivity contribution in [1.29, 1.82) is 0 Å². The summed E-state index contributed by atoms with van der Waals surface area (Å²) in [6.07, 6.45) is 1.31. The number of nitro groups is 1. The minimum atomic E-state index is -0.547. The van der Waals surface area contributed by atoms with Crippen LogP contribution in [0.15, 0.2) is 47.6 Å². The summed E-state index contributed by atoms with van der Waals surface area (Å²) in [5.74, 6) is 0.636. The van der Waals surface area contributed by atoms with Gasteiger partial charge in [-0.2, -0.15) is 5.10 Å². The first-order valence-corrected chi connectivity index (χ1v) is 8.28. The lowest BCUT2D eigenvalue weighted by Gasteiger charge is -2.12. The van der Waals surface area contributed by atoms with Crippen molar-refractivity contribution in [3.8, 4) is 11.5 Å². The number of carbonyl (C=O) groups is 1. The Morgan fingerprint density at radius 3 is 2.67 bits per heavy atom. The lowest BCUT2D eigenvalue weighted by molar-refractivity contribution is -0.385. The van der Waals surface area contributed by atoms with E-state index in [-0.39, 0.29) is 24.0 Å². The summed E-state index contributed by atoms with van der Waals surface area (Å²) in [7, 11) is 1.35. The van der Waals surface area contributed by atoms with Crippen LogP contribution in [0.2, 0.25) is 0 Å². The largest absolute Gasteiger partial charge is 0.490 e. The van der Waals surface area contributed by atoms with Gasteiger partial charge in [-0.1, -0.05) is 32.0 Å². The second kappa shape index (κ2) is 9.33. The molecule has 8 nitrogen and oxygen atoms in total. The lowest BCUT2D eigenvalue weighted by atomic mass is 10.0. The number of amides is 1. The van der Waals surface area contributed by atoms with Crippen molar-refractivity contribution in [2.45, 2.75) is 19.8 Å². The van der Waals surface area contributed by atoms with Crippen molar-refractivity contribution in [3.05, 3.63) is 63.7 Å². The van der Waals surface area contributed by atoms with Crippen LogP contribution in [0.3, 0.4) is 0 Å². The average molecular weight is 371 g/mol. The maximum absolute atomic E-state index is 11.9. The van der Waals surface area contributed by atoms with Crippen LogP contribution in [-0.2, 0) is 4.79 Å². The maximum Gasteiger partial charge on any atom is 0.311 e. The highest BCUT2D eigenvalue weighted by Crippen LogP contribution is 2.27. The number of carbonyl (C=O) groups excluding carboxylic acids is 1. The highest BCUT2D eigenvalue weighted by molar-refractivity contribution is 5.84. The molecule has 0 aromatic heterocycles. The van der Waals surface area contributed by atoms with Crippen LogP contribution in [0.1, 0.15) is 30.9 Å². The molecule has 0 aliphatic rings. The number of methoxy groups -OCH3 is 1. The summed E-state index contributed by atoms with van der Waals surface area (Å²) in [6, 6.07) is 11.9. The van der Waals surface area contributed by atoms with Crippen LogP contribution in [-0.4, -0.2) is 30.8 Å². The zero-order valence-electron chi connectivity index (χ0n) is 15.3. The molecule has 0 atom stereocenters. The average Bonchev–Trinajstić information content (AvgIpc) is 2.66. The molecule has 1 N–H and O–H groups in total. The van der Waals surface area contributed by atoms with Gasteiger partial charge < -0.3 is 9.47 Å². The van der Waals surface area contributed by atoms with Crippen molar-refractivity contribution in [3.63, 3.8) is 0 Å².